The Morgan fingerprint density at radius 1 is 1.00 bits per heavy atom. The highest BCUT2D eigenvalue weighted by atomic mass is 79.9. The van der Waals surface area contributed by atoms with Gasteiger partial charge in [0.25, 0.3) is 0 Å². The minimum Gasteiger partial charge on any atom is -0.361 e. The second kappa shape index (κ2) is 2.46. The summed E-state index contributed by atoms with van der Waals surface area (Å²) in [4.78, 5) is 3.18. The molecule has 9 heavy (non-hydrogen) atoms. The molecule has 0 radical (unpaired) electrons. The van der Waals surface area contributed by atoms with Crippen molar-refractivity contribution in [2.45, 2.75) is 13.8 Å². The van der Waals surface area contributed by atoms with E-state index in [1.807, 2.05) is 13.8 Å². The first kappa shape index (κ1) is 7.35. The van der Waals surface area contributed by atoms with Gasteiger partial charge in [0.1, 0.15) is 0 Å². The Bertz CT molecular complexity index is 205. The Kier molecular flexibility index (Phi) is 2.01. The van der Waals surface area contributed by atoms with Crippen LogP contribution in [0.1, 0.15) is 11.4 Å². The summed E-state index contributed by atoms with van der Waals surface area (Å²) in [5, 5.41) is 0. The van der Waals surface area contributed by atoms with Gasteiger partial charge in [-0.1, -0.05) is 0 Å². The molecule has 1 nitrogen and oxygen atoms in total. The summed E-state index contributed by atoms with van der Waals surface area (Å²) in [6, 6.07) is 0. The van der Waals surface area contributed by atoms with Crippen molar-refractivity contribution in [2.75, 3.05) is 0 Å². The quantitative estimate of drug-likeness (QED) is 0.730. The molecule has 50 valence electrons. The molecular formula is C6H7Br2N. The van der Waals surface area contributed by atoms with Gasteiger partial charge in [-0.05, 0) is 45.7 Å². The molecular weight excluding hydrogens is 246 g/mol. The van der Waals surface area contributed by atoms with Crippen molar-refractivity contribution >= 4 is 31.9 Å². The van der Waals surface area contributed by atoms with E-state index < -0.39 is 0 Å². The first-order valence-electron chi connectivity index (χ1n) is 2.63. The lowest BCUT2D eigenvalue weighted by molar-refractivity contribution is 1.18. The summed E-state index contributed by atoms with van der Waals surface area (Å²) in [7, 11) is 0. The number of aryl methyl sites for hydroxylation is 2. The molecule has 0 bridgehead atoms. The molecule has 0 aliphatic heterocycles. The van der Waals surface area contributed by atoms with Gasteiger partial charge >= 0.3 is 0 Å². The molecule has 0 unspecified atom stereocenters. The van der Waals surface area contributed by atoms with Crippen molar-refractivity contribution in [1.82, 2.24) is 4.98 Å². The van der Waals surface area contributed by atoms with Crippen molar-refractivity contribution < 1.29 is 0 Å². The normalized spacial score (nSPS) is 10.2. The lowest BCUT2D eigenvalue weighted by Gasteiger charge is -1.83. The van der Waals surface area contributed by atoms with E-state index in [0.717, 1.165) is 8.95 Å². The predicted octanol–water partition coefficient (Wildman–Crippen LogP) is 3.16. The van der Waals surface area contributed by atoms with Crippen LogP contribution in [-0.2, 0) is 0 Å². The number of aromatic nitrogens is 1. The van der Waals surface area contributed by atoms with E-state index in [9.17, 15) is 0 Å². The van der Waals surface area contributed by atoms with Gasteiger partial charge in [-0.25, -0.2) is 0 Å². The summed E-state index contributed by atoms with van der Waals surface area (Å²) < 4.78 is 2.25. The first-order valence-corrected chi connectivity index (χ1v) is 4.21. The van der Waals surface area contributed by atoms with E-state index in [2.05, 4.69) is 36.8 Å². The van der Waals surface area contributed by atoms with Gasteiger partial charge in [0.05, 0.1) is 8.95 Å². The Hall–Kier alpha value is 0.240. The molecule has 0 saturated heterocycles. The van der Waals surface area contributed by atoms with Crippen molar-refractivity contribution in [2.24, 2.45) is 0 Å². The van der Waals surface area contributed by atoms with Gasteiger partial charge in [0, 0.05) is 11.4 Å². The monoisotopic (exact) mass is 251 g/mol. The second-order valence-corrected chi connectivity index (χ2v) is 3.59. The van der Waals surface area contributed by atoms with Crippen LogP contribution in [0, 0.1) is 13.8 Å². The van der Waals surface area contributed by atoms with Crippen molar-refractivity contribution in [3.05, 3.63) is 20.3 Å². The Morgan fingerprint density at radius 2 is 1.33 bits per heavy atom. The highest BCUT2D eigenvalue weighted by molar-refractivity contribution is 9.13. The number of halogens is 2. The van der Waals surface area contributed by atoms with Crippen LogP contribution in [0.3, 0.4) is 0 Å². The number of rotatable bonds is 0. The van der Waals surface area contributed by atoms with Crippen LogP contribution in [0.25, 0.3) is 0 Å². The molecule has 0 amide bonds. The summed E-state index contributed by atoms with van der Waals surface area (Å²) in [6.07, 6.45) is 0. The molecule has 0 fully saturated rings. The summed E-state index contributed by atoms with van der Waals surface area (Å²) in [5.41, 5.74) is 2.33. The maximum atomic E-state index is 3.42. The zero-order chi connectivity index (χ0) is 7.02. The third-order valence-electron chi connectivity index (χ3n) is 1.23. The molecule has 3 heteroatoms. The highest BCUT2D eigenvalue weighted by Crippen LogP contribution is 2.28. The summed E-state index contributed by atoms with van der Waals surface area (Å²) >= 11 is 6.84. The van der Waals surface area contributed by atoms with Gasteiger partial charge in [-0.3, -0.25) is 0 Å². The number of H-pyrrole nitrogens is 1. The fraction of sp³-hybridized carbons (Fsp3) is 0.333. The molecule has 1 rings (SSSR count). The third-order valence-corrected chi connectivity index (χ3v) is 3.74. The van der Waals surface area contributed by atoms with Gasteiger partial charge in [0.15, 0.2) is 0 Å². The van der Waals surface area contributed by atoms with E-state index in [1.165, 1.54) is 11.4 Å². The maximum Gasteiger partial charge on any atom is 0.0524 e. The van der Waals surface area contributed by atoms with E-state index in [-0.39, 0.29) is 0 Å². The molecule has 1 aromatic rings. The molecule has 1 N–H and O–H groups in total. The van der Waals surface area contributed by atoms with E-state index in [1.54, 1.807) is 0 Å². The number of nitrogens with one attached hydrogen (secondary N) is 1. The highest BCUT2D eigenvalue weighted by Gasteiger charge is 2.04. The first-order chi connectivity index (χ1) is 4.13. The largest absolute Gasteiger partial charge is 0.361 e. The molecule has 1 aromatic heterocycles. The zero-order valence-electron chi connectivity index (χ0n) is 5.26. The molecule has 0 atom stereocenters. The maximum absolute atomic E-state index is 3.42. The van der Waals surface area contributed by atoms with Crippen molar-refractivity contribution in [1.29, 1.82) is 0 Å². The molecule has 0 aromatic carbocycles. The fourth-order valence-corrected chi connectivity index (χ4v) is 1.51. The number of hydrogen-bond acceptors (Lipinski definition) is 0. The van der Waals surface area contributed by atoms with Crippen LogP contribution in [0.2, 0.25) is 0 Å². The van der Waals surface area contributed by atoms with E-state index in [4.69, 9.17) is 0 Å². The Labute approximate surface area is 71.1 Å². The molecule has 0 spiro atoms. The van der Waals surface area contributed by atoms with Crippen molar-refractivity contribution in [3.63, 3.8) is 0 Å². The average Bonchev–Trinajstić information content (AvgIpc) is 1.98. The minimum absolute atomic E-state index is 1.12. The lowest BCUT2D eigenvalue weighted by Crippen LogP contribution is -1.69. The van der Waals surface area contributed by atoms with Crippen molar-refractivity contribution in [3.8, 4) is 0 Å². The Morgan fingerprint density at radius 3 is 1.44 bits per heavy atom. The van der Waals surface area contributed by atoms with E-state index in [0.29, 0.717) is 0 Å². The van der Waals surface area contributed by atoms with Crippen LogP contribution in [0.15, 0.2) is 8.95 Å². The topological polar surface area (TPSA) is 15.8 Å². The molecule has 0 saturated carbocycles. The van der Waals surface area contributed by atoms with Gasteiger partial charge < -0.3 is 4.98 Å². The third kappa shape index (κ3) is 1.22. The number of hydrogen-bond donors (Lipinski definition) is 1. The minimum atomic E-state index is 1.12. The zero-order valence-corrected chi connectivity index (χ0v) is 8.43. The van der Waals surface area contributed by atoms with Gasteiger partial charge in [-0.2, -0.15) is 0 Å². The Balaban J connectivity index is 3.29. The smallest absolute Gasteiger partial charge is 0.0524 e. The van der Waals surface area contributed by atoms with Crippen LogP contribution >= 0.6 is 31.9 Å². The van der Waals surface area contributed by atoms with Crippen LogP contribution in [0.5, 0.6) is 0 Å². The van der Waals surface area contributed by atoms with E-state index >= 15 is 0 Å². The fourth-order valence-electron chi connectivity index (χ4n) is 0.720. The van der Waals surface area contributed by atoms with Crippen LogP contribution in [-0.4, -0.2) is 4.98 Å². The lowest BCUT2D eigenvalue weighted by atomic mass is 10.5. The van der Waals surface area contributed by atoms with Gasteiger partial charge in [-0.15, -0.1) is 0 Å². The second-order valence-electron chi connectivity index (χ2n) is 2.00. The molecule has 1 heterocycles. The van der Waals surface area contributed by atoms with Gasteiger partial charge in [0.2, 0.25) is 0 Å². The SMILES string of the molecule is Cc1[nH]c(C)c(Br)c1Br. The molecule has 0 aliphatic carbocycles. The van der Waals surface area contributed by atoms with Crippen LogP contribution < -0.4 is 0 Å². The average molecular weight is 253 g/mol. The predicted molar refractivity (Wildman–Crippen MR) is 45.7 cm³/mol. The molecule has 0 aliphatic rings. The summed E-state index contributed by atoms with van der Waals surface area (Å²) in [5.74, 6) is 0. The number of aromatic amines is 1. The van der Waals surface area contributed by atoms with Crippen LogP contribution in [0.4, 0.5) is 0 Å². The standard InChI is InChI=1S/C6H7Br2N/c1-3-5(7)6(8)4(2)9-3/h9H,1-2H3. The summed E-state index contributed by atoms with van der Waals surface area (Å²) in [6.45, 7) is 4.06.